The summed E-state index contributed by atoms with van der Waals surface area (Å²) in [6.45, 7) is 2.37. The summed E-state index contributed by atoms with van der Waals surface area (Å²) in [6, 6.07) is 10.9. The minimum atomic E-state index is -0.0319. The molecule has 1 aliphatic carbocycles. The van der Waals surface area contributed by atoms with Gasteiger partial charge in [0.15, 0.2) is 0 Å². The number of rotatable bonds is 2. The van der Waals surface area contributed by atoms with E-state index in [4.69, 9.17) is 0 Å². The summed E-state index contributed by atoms with van der Waals surface area (Å²) in [5, 5.41) is 1.51. The Morgan fingerprint density at radius 1 is 1.14 bits per heavy atom. The third kappa shape index (κ3) is 2.13. The van der Waals surface area contributed by atoms with Crippen LogP contribution >= 0.6 is 7.92 Å². The SMILES string of the molecule is CP(c1ccccc1)C1C=CC=CC1. The van der Waals surface area contributed by atoms with E-state index < -0.39 is 0 Å². The van der Waals surface area contributed by atoms with E-state index in [9.17, 15) is 0 Å². The van der Waals surface area contributed by atoms with Gasteiger partial charge in [-0.25, -0.2) is 0 Å². The second kappa shape index (κ2) is 4.57. The topological polar surface area (TPSA) is 0 Å². The second-order valence-corrected chi connectivity index (χ2v) is 5.96. The van der Waals surface area contributed by atoms with Gasteiger partial charge in [0.05, 0.1) is 0 Å². The van der Waals surface area contributed by atoms with Gasteiger partial charge in [0.2, 0.25) is 0 Å². The monoisotopic (exact) mass is 202 g/mol. The van der Waals surface area contributed by atoms with Gasteiger partial charge in [-0.3, -0.25) is 0 Å². The average Bonchev–Trinajstić information content (AvgIpc) is 2.30. The van der Waals surface area contributed by atoms with Gasteiger partial charge in [-0.1, -0.05) is 62.6 Å². The van der Waals surface area contributed by atoms with E-state index in [2.05, 4.69) is 61.3 Å². The number of hydrogen-bond donors (Lipinski definition) is 0. The van der Waals surface area contributed by atoms with E-state index in [-0.39, 0.29) is 7.92 Å². The molecule has 0 nitrogen and oxygen atoms in total. The minimum Gasteiger partial charge on any atom is -0.0836 e. The smallest absolute Gasteiger partial charge is 0.00458 e. The summed E-state index contributed by atoms with van der Waals surface area (Å²) in [5.41, 5.74) is 0.734. The standard InChI is InChI=1S/C13H15P/c1-14(12-8-4-2-5-9-12)13-10-6-3-7-11-13/h2-10,13H,11H2,1H3. The Morgan fingerprint density at radius 2 is 1.93 bits per heavy atom. The third-order valence-electron chi connectivity index (χ3n) is 2.62. The van der Waals surface area contributed by atoms with Crippen molar-refractivity contribution in [1.82, 2.24) is 0 Å². The fraction of sp³-hybridized carbons (Fsp3) is 0.231. The highest BCUT2D eigenvalue weighted by molar-refractivity contribution is 7.65. The zero-order valence-electron chi connectivity index (χ0n) is 8.43. The summed E-state index contributed by atoms with van der Waals surface area (Å²) in [5.74, 6) is 0. The van der Waals surface area contributed by atoms with Crippen LogP contribution in [0.2, 0.25) is 0 Å². The van der Waals surface area contributed by atoms with Gasteiger partial charge in [0, 0.05) is 5.66 Å². The van der Waals surface area contributed by atoms with E-state index in [0.717, 1.165) is 5.66 Å². The molecule has 72 valence electrons. The highest BCUT2D eigenvalue weighted by Gasteiger charge is 2.14. The minimum absolute atomic E-state index is 0.0319. The number of hydrogen-bond acceptors (Lipinski definition) is 0. The Hall–Kier alpha value is -0.870. The molecule has 0 saturated heterocycles. The normalized spacial score (nSPS) is 22.2. The molecule has 0 saturated carbocycles. The maximum absolute atomic E-state index is 2.37. The fourth-order valence-electron chi connectivity index (χ4n) is 1.71. The first-order valence-corrected chi connectivity index (χ1v) is 6.85. The second-order valence-electron chi connectivity index (χ2n) is 3.56. The summed E-state index contributed by atoms with van der Waals surface area (Å²) >= 11 is 0. The van der Waals surface area contributed by atoms with Crippen LogP contribution in [0.15, 0.2) is 54.6 Å². The molecule has 14 heavy (non-hydrogen) atoms. The maximum Gasteiger partial charge on any atom is 0.00458 e. The first kappa shape index (κ1) is 9.68. The molecule has 2 unspecified atom stereocenters. The van der Waals surface area contributed by atoms with Crippen LogP contribution in [0.25, 0.3) is 0 Å². The van der Waals surface area contributed by atoms with Gasteiger partial charge in [-0.2, -0.15) is 0 Å². The van der Waals surface area contributed by atoms with Gasteiger partial charge in [-0.05, 0) is 18.4 Å². The van der Waals surface area contributed by atoms with E-state index in [0.29, 0.717) is 0 Å². The molecule has 0 fully saturated rings. The quantitative estimate of drug-likeness (QED) is 0.645. The molecular formula is C13H15P. The molecule has 0 aliphatic heterocycles. The molecule has 0 N–H and O–H groups in total. The number of benzene rings is 1. The lowest BCUT2D eigenvalue weighted by molar-refractivity contribution is 1.05. The van der Waals surface area contributed by atoms with E-state index in [1.54, 1.807) is 0 Å². The zero-order chi connectivity index (χ0) is 9.80. The molecule has 0 heterocycles. The molecule has 1 aromatic carbocycles. The highest BCUT2D eigenvalue weighted by atomic mass is 31.1. The molecule has 0 amide bonds. The van der Waals surface area contributed by atoms with Crippen LogP contribution in [0.5, 0.6) is 0 Å². The van der Waals surface area contributed by atoms with Crippen molar-refractivity contribution in [2.75, 3.05) is 6.66 Å². The van der Waals surface area contributed by atoms with Crippen LogP contribution in [-0.2, 0) is 0 Å². The molecule has 2 atom stereocenters. The lowest BCUT2D eigenvalue weighted by Crippen LogP contribution is -2.11. The predicted molar refractivity (Wildman–Crippen MR) is 65.6 cm³/mol. The molecule has 1 heteroatoms. The van der Waals surface area contributed by atoms with E-state index >= 15 is 0 Å². The predicted octanol–water partition coefficient (Wildman–Crippen LogP) is 3.31. The molecule has 0 aromatic heterocycles. The largest absolute Gasteiger partial charge is 0.0836 e. The first-order chi connectivity index (χ1) is 6.88. The molecular weight excluding hydrogens is 187 g/mol. The first-order valence-electron chi connectivity index (χ1n) is 4.99. The van der Waals surface area contributed by atoms with Gasteiger partial charge >= 0.3 is 0 Å². The Labute approximate surface area is 87.1 Å². The van der Waals surface area contributed by atoms with Crippen LogP contribution in [0.3, 0.4) is 0 Å². The Morgan fingerprint density at radius 3 is 2.57 bits per heavy atom. The Balaban J connectivity index is 2.12. The summed E-state index contributed by atoms with van der Waals surface area (Å²) in [4.78, 5) is 0. The average molecular weight is 202 g/mol. The fourth-order valence-corrected chi connectivity index (χ4v) is 3.53. The highest BCUT2D eigenvalue weighted by Crippen LogP contribution is 2.39. The van der Waals surface area contributed by atoms with Crippen LogP contribution < -0.4 is 5.30 Å². The summed E-state index contributed by atoms with van der Waals surface area (Å²) < 4.78 is 0. The zero-order valence-corrected chi connectivity index (χ0v) is 9.32. The van der Waals surface area contributed by atoms with Crippen LogP contribution in [0.1, 0.15) is 6.42 Å². The molecule has 2 rings (SSSR count). The lowest BCUT2D eigenvalue weighted by atomic mass is 10.2. The van der Waals surface area contributed by atoms with Gasteiger partial charge in [0.25, 0.3) is 0 Å². The summed E-state index contributed by atoms with van der Waals surface area (Å²) in [7, 11) is -0.0319. The molecule has 1 aliphatic rings. The number of allylic oxidation sites excluding steroid dienone is 4. The van der Waals surface area contributed by atoms with Crippen molar-refractivity contribution in [1.29, 1.82) is 0 Å². The van der Waals surface area contributed by atoms with Crippen molar-refractivity contribution in [3.63, 3.8) is 0 Å². The maximum atomic E-state index is 2.37. The van der Waals surface area contributed by atoms with Gasteiger partial charge in [0.1, 0.15) is 0 Å². The van der Waals surface area contributed by atoms with Crippen molar-refractivity contribution in [2.24, 2.45) is 0 Å². The van der Waals surface area contributed by atoms with Crippen LogP contribution in [0.4, 0.5) is 0 Å². The van der Waals surface area contributed by atoms with Crippen LogP contribution in [0, 0.1) is 0 Å². The molecule has 0 radical (unpaired) electrons. The van der Waals surface area contributed by atoms with Gasteiger partial charge < -0.3 is 0 Å². The van der Waals surface area contributed by atoms with Crippen LogP contribution in [-0.4, -0.2) is 12.3 Å². The van der Waals surface area contributed by atoms with E-state index in [1.807, 2.05) is 0 Å². The van der Waals surface area contributed by atoms with Gasteiger partial charge in [-0.15, -0.1) is 0 Å². The van der Waals surface area contributed by atoms with E-state index in [1.165, 1.54) is 11.7 Å². The van der Waals surface area contributed by atoms with Crippen molar-refractivity contribution >= 4 is 13.2 Å². The molecule has 0 spiro atoms. The summed E-state index contributed by atoms with van der Waals surface area (Å²) in [6.07, 6.45) is 10.1. The van der Waals surface area contributed by atoms with Crippen molar-refractivity contribution in [2.45, 2.75) is 12.1 Å². The lowest BCUT2D eigenvalue weighted by Gasteiger charge is -2.22. The third-order valence-corrected chi connectivity index (χ3v) is 5.11. The Bertz CT molecular complexity index is 338. The van der Waals surface area contributed by atoms with Crippen molar-refractivity contribution in [3.8, 4) is 0 Å². The molecule has 0 bridgehead atoms. The van der Waals surface area contributed by atoms with Crippen molar-refractivity contribution < 1.29 is 0 Å². The van der Waals surface area contributed by atoms with Crippen molar-refractivity contribution in [3.05, 3.63) is 54.6 Å². The Kier molecular flexibility index (Phi) is 3.16. The molecule has 1 aromatic rings.